The molecule has 0 saturated heterocycles. The molecule has 1 aromatic carbocycles. The zero-order chi connectivity index (χ0) is 23.6. The third-order valence-corrected chi connectivity index (χ3v) is 7.19. The third kappa shape index (κ3) is 5.71. The number of nitrogens with one attached hydrogen (secondary N) is 2. The van der Waals surface area contributed by atoms with Crippen LogP contribution in [0.3, 0.4) is 0 Å². The number of carbonyl (C=O) groups excluding carboxylic acids is 1. The minimum absolute atomic E-state index is 0.0306. The zero-order valence-corrected chi connectivity index (χ0v) is 20.0. The minimum Gasteiger partial charge on any atom is -0.475 e. The smallest absolute Gasteiger partial charge is 0.264 e. The van der Waals surface area contributed by atoms with Gasteiger partial charge in [-0.25, -0.2) is 18.1 Å². The first-order valence-corrected chi connectivity index (χ1v) is 12.8. The van der Waals surface area contributed by atoms with Crippen molar-refractivity contribution in [3.8, 4) is 5.88 Å². The molecule has 0 saturated carbocycles. The number of carbonyl (C=O) groups is 1. The van der Waals surface area contributed by atoms with Crippen LogP contribution in [0.15, 0.2) is 41.3 Å². The molecule has 2 aliphatic rings. The first-order valence-electron chi connectivity index (χ1n) is 11.3. The number of amides is 1. The van der Waals surface area contributed by atoms with Crippen LogP contribution < -0.4 is 14.8 Å². The number of benzene rings is 1. The average Bonchev–Trinajstić information content (AvgIpc) is 2.77. The fraction of sp³-hybridized carbons (Fsp3) is 0.458. The molecule has 1 unspecified atom stereocenters. The number of nitrogens with zero attached hydrogens (tertiary/aromatic N) is 2. The number of aromatic nitrogens is 2. The number of anilines is 1. The molecule has 2 atom stereocenters. The van der Waals surface area contributed by atoms with Crippen molar-refractivity contribution in [2.24, 2.45) is 11.8 Å². The lowest BCUT2D eigenvalue weighted by atomic mass is 9.89. The molecule has 0 fully saturated rings. The van der Waals surface area contributed by atoms with E-state index in [0.29, 0.717) is 24.0 Å². The van der Waals surface area contributed by atoms with Crippen molar-refractivity contribution in [1.29, 1.82) is 0 Å². The van der Waals surface area contributed by atoms with Crippen molar-refractivity contribution < 1.29 is 17.9 Å². The van der Waals surface area contributed by atoms with Gasteiger partial charge in [0.25, 0.3) is 15.9 Å². The van der Waals surface area contributed by atoms with E-state index in [9.17, 15) is 13.2 Å². The van der Waals surface area contributed by atoms with Gasteiger partial charge in [0.05, 0.1) is 16.6 Å². The second-order valence-electron chi connectivity index (χ2n) is 9.27. The third-order valence-electron chi connectivity index (χ3n) is 5.86. The van der Waals surface area contributed by atoms with E-state index < -0.39 is 10.0 Å². The highest BCUT2D eigenvalue weighted by atomic mass is 32.2. The topological polar surface area (TPSA) is 110 Å². The largest absolute Gasteiger partial charge is 0.475 e. The number of fused-ring (bicyclic) bond motifs is 4. The van der Waals surface area contributed by atoms with E-state index in [1.165, 1.54) is 12.1 Å². The van der Waals surface area contributed by atoms with Crippen LogP contribution in [0.4, 0.5) is 5.95 Å². The highest BCUT2D eigenvalue weighted by molar-refractivity contribution is 7.92. The second-order valence-corrected chi connectivity index (χ2v) is 11.0. The molecule has 0 radical (unpaired) electrons. The maximum Gasteiger partial charge on any atom is 0.264 e. The van der Waals surface area contributed by atoms with Gasteiger partial charge < -0.3 is 10.1 Å². The number of sulfonamides is 1. The quantitative estimate of drug-likeness (QED) is 0.701. The lowest BCUT2D eigenvalue weighted by molar-refractivity contribution is 0.0913. The summed E-state index contributed by atoms with van der Waals surface area (Å²) in [6.45, 7) is 6.56. The fourth-order valence-corrected chi connectivity index (χ4v) is 5.07. The lowest BCUT2D eigenvalue weighted by Gasteiger charge is -2.21. The summed E-state index contributed by atoms with van der Waals surface area (Å²) in [4.78, 5) is 21.6. The SMILES string of the molecule is CC(C)C[C@@H]1COc2cc(C3=CCC(C)CC3)nc(n2)NS(=O)(=O)c2cccc(c2)C(=O)N1. The van der Waals surface area contributed by atoms with Crippen molar-refractivity contribution in [3.05, 3.63) is 47.7 Å². The summed E-state index contributed by atoms with van der Waals surface area (Å²) in [7, 11) is -4.00. The van der Waals surface area contributed by atoms with E-state index in [1.54, 1.807) is 18.2 Å². The van der Waals surface area contributed by atoms with E-state index in [4.69, 9.17) is 4.74 Å². The van der Waals surface area contributed by atoms with E-state index in [-0.39, 0.29) is 40.8 Å². The maximum atomic E-state index is 13.0. The van der Waals surface area contributed by atoms with E-state index in [0.717, 1.165) is 24.8 Å². The Morgan fingerprint density at radius 2 is 2.03 bits per heavy atom. The van der Waals surface area contributed by atoms with Crippen LogP contribution in [0.5, 0.6) is 5.88 Å². The van der Waals surface area contributed by atoms with Gasteiger partial charge in [0.15, 0.2) is 0 Å². The van der Waals surface area contributed by atoms with Gasteiger partial charge in [-0.2, -0.15) is 4.98 Å². The first kappa shape index (κ1) is 23.2. The summed E-state index contributed by atoms with van der Waals surface area (Å²) in [5.74, 6) is 0.811. The van der Waals surface area contributed by atoms with Crippen LogP contribution in [0, 0.1) is 11.8 Å². The molecule has 2 aromatic rings. The van der Waals surface area contributed by atoms with Gasteiger partial charge >= 0.3 is 0 Å². The molecule has 176 valence electrons. The molecule has 9 heteroatoms. The molecule has 1 aliphatic carbocycles. The number of hydrogen-bond acceptors (Lipinski definition) is 6. The van der Waals surface area contributed by atoms with Crippen molar-refractivity contribution in [2.45, 2.75) is 57.4 Å². The van der Waals surface area contributed by atoms with Crippen LogP contribution >= 0.6 is 0 Å². The predicted molar refractivity (Wildman–Crippen MR) is 126 cm³/mol. The Labute approximate surface area is 194 Å². The molecule has 1 aromatic heterocycles. The zero-order valence-electron chi connectivity index (χ0n) is 19.2. The van der Waals surface area contributed by atoms with Gasteiger partial charge in [-0.1, -0.05) is 32.9 Å². The van der Waals surface area contributed by atoms with Crippen molar-refractivity contribution in [2.75, 3.05) is 11.3 Å². The number of allylic oxidation sites excluding steroid dienone is 2. The van der Waals surface area contributed by atoms with Gasteiger partial charge in [-0.15, -0.1) is 0 Å². The molecule has 4 rings (SSSR count). The van der Waals surface area contributed by atoms with Gasteiger partial charge in [0.2, 0.25) is 11.8 Å². The molecule has 33 heavy (non-hydrogen) atoms. The summed E-state index contributed by atoms with van der Waals surface area (Å²) in [6, 6.07) is 7.42. The number of ether oxygens (including phenoxy) is 1. The molecular weight excluding hydrogens is 440 g/mol. The van der Waals surface area contributed by atoms with E-state index in [2.05, 4.69) is 46.9 Å². The maximum absolute atomic E-state index is 13.0. The Kier molecular flexibility index (Phi) is 6.69. The van der Waals surface area contributed by atoms with Crippen LogP contribution in [0.1, 0.15) is 62.5 Å². The Balaban J connectivity index is 1.77. The van der Waals surface area contributed by atoms with Gasteiger partial charge in [-0.3, -0.25) is 4.79 Å². The Morgan fingerprint density at radius 3 is 2.76 bits per heavy atom. The molecule has 1 amide bonds. The summed E-state index contributed by atoms with van der Waals surface area (Å²) in [6.07, 6.45) is 5.71. The van der Waals surface area contributed by atoms with E-state index in [1.807, 2.05) is 0 Å². The lowest BCUT2D eigenvalue weighted by Crippen LogP contribution is -2.40. The van der Waals surface area contributed by atoms with Crippen LogP contribution in [0.2, 0.25) is 0 Å². The summed E-state index contributed by atoms with van der Waals surface area (Å²) < 4.78 is 34.5. The van der Waals surface area contributed by atoms with Gasteiger partial charge in [-0.05, 0) is 61.3 Å². The summed E-state index contributed by atoms with van der Waals surface area (Å²) in [5.41, 5.74) is 1.97. The van der Waals surface area contributed by atoms with Crippen molar-refractivity contribution in [1.82, 2.24) is 15.3 Å². The van der Waals surface area contributed by atoms with E-state index >= 15 is 0 Å². The molecule has 2 heterocycles. The van der Waals surface area contributed by atoms with Crippen LogP contribution in [-0.2, 0) is 10.0 Å². The van der Waals surface area contributed by atoms with Gasteiger partial charge in [0.1, 0.15) is 6.61 Å². The van der Waals surface area contributed by atoms with Crippen molar-refractivity contribution in [3.63, 3.8) is 0 Å². The Bertz CT molecular complexity index is 1180. The van der Waals surface area contributed by atoms with Crippen LogP contribution in [-0.4, -0.2) is 36.9 Å². The van der Waals surface area contributed by atoms with Gasteiger partial charge in [0, 0.05) is 11.6 Å². The molecule has 2 N–H and O–H groups in total. The highest BCUT2D eigenvalue weighted by Crippen LogP contribution is 2.31. The molecule has 4 bridgehead atoms. The van der Waals surface area contributed by atoms with Crippen molar-refractivity contribution >= 4 is 27.5 Å². The standard InChI is InChI=1S/C24H30N4O4S/c1-15(2)11-19-14-32-22-13-21(17-9-7-16(3)8-10-17)26-24(27-22)28-33(30,31)20-6-4-5-18(12-20)23(29)25-19/h4-6,9,12-13,15-16,19H,7-8,10-11,14H2,1-3H3,(H,25,29)(H,26,27,28)/t16?,19-/m1/s1. The Hall–Kier alpha value is -2.94. The predicted octanol–water partition coefficient (Wildman–Crippen LogP) is 4.02. The average molecular weight is 471 g/mol. The minimum atomic E-state index is -4.00. The normalized spacial score (nSPS) is 22.5. The number of rotatable bonds is 3. The molecule has 8 nitrogen and oxygen atoms in total. The summed E-state index contributed by atoms with van der Waals surface area (Å²) in [5, 5.41) is 2.98. The second kappa shape index (κ2) is 9.51. The highest BCUT2D eigenvalue weighted by Gasteiger charge is 2.23. The number of hydrogen-bond donors (Lipinski definition) is 2. The molecular formula is C24H30N4O4S. The fourth-order valence-electron chi connectivity index (χ4n) is 4.08. The Morgan fingerprint density at radius 1 is 1.21 bits per heavy atom. The monoisotopic (exact) mass is 470 g/mol. The molecule has 0 spiro atoms. The first-order chi connectivity index (χ1) is 15.7. The van der Waals surface area contributed by atoms with Crippen LogP contribution in [0.25, 0.3) is 5.57 Å². The molecule has 1 aliphatic heterocycles. The summed E-state index contributed by atoms with van der Waals surface area (Å²) >= 11 is 0.